The Kier molecular flexibility index (Phi) is 8.94. The van der Waals surface area contributed by atoms with Gasteiger partial charge in [0.1, 0.15) is 33.9 Å². The summed E-state index contributed by atoms with van der Waals surface area (Å²) in [6.45, 7) is 5.21. The van der Waals surface area contributed by atoms with Crippen LogP contribution in [0.2, 0.25) is 0 Å². The van der Waals surface area contributed by atoms with Crippen LogP contribution in [-0.2, 0) is 11.0 Å². The average molecular weight is 475 g/mol. The predicted molar refractivity (Wildman–Crippen MR) is 120 cm³/mol. The molecule has 10 heteroatoms. The zero-order valence-electron chi connectivity index (χ0n) is 18.5. The minimum atomic E-state index is -1.82. The highest BCUT2D eigenvalue weighted by molar-refractivity contribution is 7.88. The van der Waals surface area contributed by atoms with Crippen LogP contribution in [0, 0.1) is 24.4 Å². The molecule has 0 aliphatic heterocycles. The van der Waals surface area contributed by atoms with Gasteiger partial charge in [-0.3, -0.25) is 4.72 Å². The van der Waals surface area contributed by atoms with Crippen molar-refractivity contribution >= 4 is 28.0 Å². The fourth-order valence-corrected chi connectivity index (χ4v) is 4.56. The van der Waals surface area contributed by atoms with Crippen molar-refractivity contribution < 1.29 is 32.3 Å². The Balaban J connectivity index is 0.00000176. The lowest BCUT2D eigenvalue weighted by molar-refractivity contribution is 0.0862. The third kappa shape index (κ3) is 5.73. The van der Waals surface area contributed by atoms with Gasteiger partial charge in [-0.2, -0.15) is 0 Å². The molecule has 1 aliphatic carbocycles. The van der Waals surface area contributed by atoms with Crippen molar-refractivity contribution in [2.75, 3.05) is 23.8 Å². The number of hydrogen-bond acceptors (Lipinski definition) is 5. The molecule has 2 unspecified atom stereocenters. The van der Waals surface area contributed by atoms with Gasteiger partial charge in [0.05, 0.1) is 30.3 Å². The largest absolute Gasteiger partial charge is 0.494 e. The lowest BCUT2D eigenvalue weighted by Crippen LogP contribution is -2.30. The second-order valence-corrected chi connectivity index (χ2v) is 8.93. The Bertz CT molecular complexity index is 971. The van der Waals surface area contributed by atoms with Crippen LogP contribution in [0.1, 0.15) is 38.7 Å². The molecule has 3 rings (SSSR count). The third-order valence-corrected chi connectivity index (χ3v) is 6.75. The quantitative estimate of drug-likeness (QED) is 0.428. The average Bonchev–Trinajstić information content (AvgIpc) is 3.56. The maximum absolute atomic E-state index is 14.7. The molecule has 0 spiro atoms. The van der Waals surface area contributed by atoms with Crippen molar-refractivity contribution in [3.8, 4) is 5.75 Å². The van der Waals surface area contributed by atoms with Gasteiger partial charge in [-0.15, -0.1) is 0 Å². The summed E-state index contributed by atoms with van der Waals surface area (Å²) in [6.07, 6.45) is 0.0601. The molecule has 0 bridgehead atoms. The van der Waals surface area contributed by atoms with Crippen molar-refractivity contribution in [3.05, 3.63) is 47.3 Å². The van der Waals surface area contributed by atoms with Crippen molar-refractivity contribution in [1.29, 1.82) is 0 Å². The predicted octanol–water partition coefficient (Wildman–Crippen LogP) is 4.54. The fourth-order valence-electron chi connectivity index (χ4n) is 3.14. The Morgan fingerprint density at radius 2 is 1.81 bits per heavy atom. The van der Waals surface area contributed by atoms with Crippen molar-refractivity contribution in [2.45, 2.75) is 50.9 Å². The van der Waals surface area contributed by atoms with Gasteiger partial charge in [0.15, 0.2) is 11.6 Å². The van der Waals surface area contributed by atoms with Gasteiger partial charge in [0.25, 0.3) is 0 Å². The molecular weight excluding hydrogens is 445 g/mol. The summed E-state index contributed by atoms with van der Waals surface area (Å²) in [5.74, 6) is -3.32. The van der Waals surface area contributed by atoms with Gasteiger partial charge in [-0.25, -0.2) is 17.4 Å². The Hall–Kier alpha value is -2.30. The van der Waals surface area contributed by atoms with Crippen molar-refractivity contribution in [2.24, 2.45) is 0 Å². The zero-order valence-corrected chi connectivity index (χ0v) is 19.3. The summed E-state index contributed by atoms with van der Waals surface area (Å²) in [4.78, 5) is 0. The molecule has 6 nitrogen and oxygen atoms in total. The first-order valence-corrected chi connectivity index (χ1v) is 11.4. The van der Waals surface area contributed by atoms with Gasteiger partial charge in [-0.05, 0) is 43.9 Å². The molecule has 1 aliphatic rings. The highest BCUT2D eigenvalue weighted by Crippen LogP contribution is 2.48. The maximum Gasteiger partial charge on any atom is 0.184 e. The van der Waals surface area contributed by atoms with Crippen LogP contribution in [0.3, 0.4) is 0 Å². The second kappa shape index (κ2) is 11.0. The smallest absolute Gasteiger partial charge is 0.184 e. The number of nitrogens with one attached hydrogen (secondary N) is 2. The Labute approximate surface area is 188 Å². The highest BCUT2D eigenvalue weighted by Gasteiger charge is 2.50. The van der Waals surface area contributed by atoms with Gasteiger partial charge in [0.2, 0.25) is 0 Å². The molecule has 1 saturated carbocycles. The van der Waals surface area contributed by atoms with Crippen LogP contribution in [0.5, 0.6) is 5.75 Å². The van der Waals surface area contributed by atoms with E-state index in [2.05, 4.69) is 10.0 Å². The number of benzene rings is 2. The van der Waals surface area contributed by atoms with E-state index in [0.717, 1.165) is 6.07 Å². The second-order valence-electron chi connectivity index (χ2n) is 7.33. The number of aliphatic hydroxyl groups excluding tert-OH is 2. The van der Waals surface area contributed by atoms with Crippen molar-refractivity contribution in [3.63, 3.8) is 0 Å². The molecule has 0 aromatic heterocycles. The summed E-state index contributed by atoms with van der Waals surface area (Å²) < 4.78 is 63.0. The number of halogens is 3. The van der Waals surface area contributed by atoms with Crippen LogP contribution >= 0.6 is 0 Å². The molecule has 2 aromatic carbocycles. The summed E-state index contributed by atoms with van der Waals surface area (Å²) >= 11 is 0. The molecule has 2 aromatic rings. The van der Waals surface area contributed by atoms with Crippen LogP contribution in [-0.4, -0.2) is 39.0 Å². The first kappa shape index (κ1) is 26.0. The summed E-state index contributed by atoms with van der Waals surface area (Å²) in [5, 5.41) is 21.3. The monoisotopic (exact) mass is 474 g/mol. The lowest BCUT2D eigenvalue weighted by atomic mass is 10.2. The standard InChI is InChI=1S/C20H23F3N2O4S.C2H6/c1-11-3-4-15(13(21)7-11)24-19-17(23)14(22)8-16(29-2)18(19)25-30(28)20(5-6-20)9-12(27)10-26;1-2/h3-4,7-8,12,24-27H,5-6,9-10H2,1-2H3;1-2H3. The molecule has 0 amide bonds. The molecule has 4 N–H and O–H groups in total. The normalized spacial score (nSPS) is 15.8. The van der Waals surface area contributed by atoms with Gasteiger partial charge >= 0.3 is 0 Å². The Morgan fingerprint density at radius 3 is 2.34 bits per heavy atom. The Morgan fingerprint density at radius 1 is 1.16 bits per heavy atom. The molecular formula is C22H29F3N2O4S. The van der Waals surface area contributed by atoms with E-state index in [1.807, 2.05) is 13.8 Å². The number of methoxy groups -OCH3 is 1. The van der Waals surface area contributed by atoms with E-state index in [0.29, 0.717) is 18.4 Å². The number of anilines is 3. The van der Waals surface area contributed by atoms with E-state index >= 15 is 0 Å². The lowest BCUT2D eigenvalue weighted by Gasteiger charge is -2.22. The summed E-state index contributed by atoms with van der Waals surface area (Å²) in [5.41, 5.74) is -0.0494. The van der Waals surface area contributed by atoms with Crippen molar-refractivity contribution in [1.82, 2.24) is 0 Å². The molecule has 178 valence electrons. The number of ether oxygens (including phenoxy) is 1. The highest BCUT2D eigenvalue weighted by atomic mass is 32.2. The van der Waals surface area contributed by atoms with Crippen LogP contribution < -0.4 is 14.8 Å². The van der Waals surface area contributed by atoms with Gasteiger partial charge in [0, 0.05) is 6.07 Å². The van der Waals surface area contributed by atoms with E-state index in [-0.39, 0.29) is 23.5 Å². The summed E-state index contributed by atoms with van der Waals surface area (Å²) in [7, 11) is -0.585. The van der Waals surface area contributed by atoms with Crippen LogP contribution in [0.25, 0.3) is 0 Å². The van der Waals surface area contributed by atoms with E-state index in [4.69, 9.17) is 9.84 Å². The van der Waals surface area contributed by atoms with E-state index < -0.39 is 51.6 Å². The molecule has 0 radical (unpaired) electrons. The van der Waals surface area contributed by atoms with Gasteiger partial charge < -0.3 is 20.3 Å². The van der Waals surface area contributed by atoms with Crippen LogP contribution in [0.4, 0.5) is 30.2 Å². The minimum absolute atomic E-state index is 0.0739. The molecule has 32 heavy (non-hydrogen) atoms. The zero-order chi connectivity index (χ0) is 24.1. The van der Waals surface area contributed by atoms with Crippen LogP contribution in [0.15, 0.2) is 24.3 Å². The minimum Gasteiger partial charge on any atom is -0.494 e. The van der Waals surface area contributed by atoms with Gasteiger partial charge in [-0.1, -0.05) is 19.9 Å². The molecule has 0 saturated heterocycles. The first-order valence-electron chi connectivity index (χ1n) is 10.3. The molecule has 2 atom stereocenters. The molecule has 1 fully saturated rings. The number of aliphatic hydroxyl groups is 2. The fraction of sp³-hybridized carbons (Fsp3) is 0.455. The first-order chi connectivity index (χ1) is 15.2. The summed E-state index contributed by atoms with van der Waals surface area (Å²) in [6, 6.07) is 5.01. The number of aryl methyl sites for hydroxylation is 1. The number of rotatable bonds is 9. The topological polar surface area (TPSA) is 90.8 Å². The maximum atomic E-state index is 14.7. The van der Waals surface area contributed by atoms with E-state index in [1.54, 1.807) is 13.0 Å². The SMILES string of the molecule is CC.COc1cc(F)c(F)c(Nc2ccc(C)cc2F)c1NS(=O)C1(CC(O)CO)CC1. The number of hydrogen-bond donors (Lipinski definition) is 4. The van der Waals surface area contributed by atoms with E-state index in [9.17, 15) is 22.5 Å². The van der Waals surface area contributed by atoms with E-state index in [1.165, 1.54) is 19.2 Å². The third-order valence-electron chi connectivity index (χ3n) is 5.00. The molecule has 0 heterocycles.